The molecule has 0 aromatic carbocycles. The lowest BCUT2D eigenvalue weighted by Gasteiger charge is -2.58. The van der Waals surface area contributed by atoms with E-state index in [9.17, 15) is 24.6 Å². The van der Waals surface area contributed by atoms with Crippen molar-refractivity contribution in [2.24, 2.45) is 45.8 Å². The molecule has 43 heavy (non-hydrogen) atoms. The normalized spacial score (nSPS) is 45.4. The first-order valence-corrected chi connectivity index (χ1v) is 15.8. The quantitative estimate of drug-likeness (QED) is 0.123. The monoisotopic (exact) mass is 600 g/mol. The summed E-state index contributed by atoms with van der Waals surface area (Å²) in [6.45, 7) is 11.4. The van der Waals surface area contributed by atoms with Gasteiger partial charge in [-0.15, -0.1) is 0 Å². The number of aliphatic hydroxyl groups excluding tert-OH is 1. The second-order valence-electron chi connectivity index (χ2n) is 13.9. The molecule has 0 amide bonds. The fraction of sp³-hybridized carbons (Fsp3) is 0.735. The van der Waals surface area contributed by atoms with Crippen LogP contribution in [0.4, 0.5) is 0 Å². The average molecular weight is 601 g/mol. The fourth-order valence-electron chi connectivity index (χ4n) is 9.98. The second-order valence-corrected chi connectivity index (χ2v) is 13.9. The SMILES string of the molecule is C/C=C/C=C(/C)C(=O)O[C@H]1[C@H](O)[C@H](OC[C@@]23C[C@@H]4[C@H](C)CC[C@H]4[C@@]4(C=O)C[C@@H]2C=C(C(C)C)[C@@]34C(=O)O)O[C@H](C)[C@H]1OC. The van der Waals surface area contributed by atoms with Gasteiger partial charge in [-0.3, -0.25) is 4.79 Å². The Kier molecular flexibility index (Phi) is 8.61. The maximum Gasteiger partial charge on any atom is 0.334 e. The number of fused-ring (bicyclic) bond motifs is 2. The summed E-state index contributed by atoms with van der Waals surface area (Å²) < 4.78 is 23.9. The van der Waals surface area contributed by atoms with Gasteiger partial charge in [0.25, 0.3) is 0 Å². The summed E-state index contributed by atoms with van der Waals surface area (Å²) in [5.41, 5.74) is -2.10. The van der Waals surface area contributed by atoms with Gasteiger partial charge in [0, 0.05) is 18.1 Å². The summed E-state index contributed by atoms with van der Waals surface area (Å²) in [7, 11) is 1.47. The van der Waals surface area contributed by atoms with E-state index < -0.39 is 58.9 Å². The lowest BCUT2D eigenvalue weighted by molar-refractivity contribution is -0.308. The number of hydrogen-bond acceptors (Lipinski definition) is 8. The van der Waals surface area contributed by atoms with Crippen LogP contribution in [0.25, 0.3) is 0 Å². The third-order valence-electron chi connectivity index (χ3n) is 11.8. The fourth-order valence-corrected chi connectivity index (χ4v) is 9.98. The minimum Gasteiger partial charge on any atom is -0.481 e. The summed E-state index contributed by atoms with van der Waals surface area (Å²) in [5, 5.41) is 22.7. The maximum atomic E-state index is 13.7. The molecule has 0 unspecified atom stereocenters. The molecular formula is C34H48O9. The van der Waals surface area contributed by atoms with Gasteiger partial charge in [0.15, 0.2) is 12.4 Å². The number of aliphatic carboxylic acids is 1. The minimum absolute atomic E-state index is 0.00476. The van der Waals surface area contributed by atoms with Gasteiger partial charge in [-0.2, -0.15) is 0 Å². The zero-order chi connectivity index (χ0) is 31.5. The Bertz CT molecular complexity index is 1220. The van der Waals surface area contributed by atoms with Gasteiger partial charge in [0.2, 0.25) is 0 Å². The van der Waals surface area contributed by atoms with E-state index in [0.717, 1.165) is 24.7 Å². The zero-order valence-electron chi connectivity index (χ0n) is 26.4. The Hall–Kier alpha value is -2.33. The van der Waals surface area contributed by atoms with E-state index in [4.69, 9.17) is 18.9 Å². The Morgan fingerprint density at radius 2 is 1.91 bits per heavy atom. The zero-order valence-corrected chi connectivity index (χ0v) is 26.4. The molecule has 0 radical (unpaired) electrons. The molecule has 0 aromatic heterocycles. The van der Waals surface area contributed by atoms with Crippen LogP contribution in [0.2, 0.25) is 0 Å². The third kappa shape index (κ3) is 4.36. The van der Waals surface area contributed by atoms with E-state index in [1.54, 1.807) is 32.1 Å². The van der Waals surface area contributed by atoms with Gasteiger partial charge in [-0.25, -0.2) is 4.79 Å². The molecule has 9 nitrogen and oxygen atoms in total. The summed E-state index contributed by atoms with van der Waals surface area (Å²) in [6.07, 6.45) is 6.21. The van der Waals surface area contributed by atoms with Gasteiger partial charge < -0.3 is 34.0 Å². The number of carbonyl (C=O) groups is 3. The van der Waals surface area contributed by atoms with E-state index in [-0.39, 0.29) is 30.3 Å². The Morgan fingerprint density at radius 1 is 1.19 bits per heavy atom. The van der Waals surface area contributed by atoms with E-state index in [0.29, 0.717) is 24.3 Å². The number of ether oxygens (including phenoxy) is 4. The van der Waals surface area contributed by atoms with Crippen LogP contribution in [0.5, 0.6) is 0 Å². The predicted molar refractivity (Wildman–Crippen MR) is 158 cm³/mol. The number of allylic oxidation sites excluding steroid dienone is 4. The topological polar surface area (TPSA) is 129 Å². The summed E-state index contributed by atoms with van der Waals surface area (Å²) in [4.78, 5) is 39.8. The molecule has 238 valence electrons. The minimum atomic E-state index is -1.40. The Labute approximate surface area is 254 Å². The van der Waals surface area contributed by atoms with Crippen LogP contribution >= 0.6 is 0 Å². The van der Waals surface area contributed by atoms with Crippen LogP contribution in [-0.4, -0.2) is 72.9 Å². The van der Waals surface area contributed by atoms with E-state index >= 15 is 0 Å². The van der Waals surface area contributed by atoms with Crippen molar-refractivity contribution >= 4 is 18.2 Å². The number of rotatable bonds is 10. The average Bonchev–Trinajstić information content (AvgIpc) is 3.54. The van der Waals surface area contributed by atoms with Gasteiger partial charge in [0.1, 0.15) is 23.9 Å². The lowest BCUT2D eigenvalue weighted by Crippen LogP contribution is -2.64. The number of aldehydes is 1. The van der Waals surface area contributed by atoms with Crippen molar-refractivity contribution in [1.82, 2.24) is 0 Å². The number of methoxy groups -OCH3 is 1. The molecule has 0 aromatic rings. The molecule has 1 saturated heterocycles. The maximum absolute atomic E-state index is 13.7. The predicted octanol–water partition coefficient (Wildman–Crippen LogP) is 4.48. The summed E-state index contributed by atoms with van der Waals surface area (Å²) in [6, 6.07) is 0. The largest absolute Gasteiger partial charge is 0.481 e. The van der Waals surface area contributed by atoms with E-state index in [2.05, 4.69) is 13.0 Å². The van der Waals surface area contributed by atoms with Gasteiger partial charge in [0.05, 0.1) is 18.1 Å². The third-order valence-corrected chi connectivity index (χ3v) is 11.8. The number of hydrogen-bond donors (Lipinski definition) is 2. The van der Waals surface area contributed by atoms with Crippen molar-refractivity contribution in [2.75, 3.05) is 13.7 Å². The first-order valence-electron chi connectivity index (χ1n) is 15.8. The molecule has 3 saturated carbocycles. The molecular weight excluding hydrogens is 552 g/mol. The molecule has 4 fully saturated rings. The number of carboxylic acids is 1. The molecule has 5 aliphatic rings. The first-order chi connectivity index (χ1) is 20.4. The molecule has 0 spiro atoms. The van der Waals surface area contributed by atoms with Crippen LogP contribution in [-0.2, 0) is 33.3 Å². The van der Waals surface area contributed by atoms with Crippen LogP contribution in [0.15, 0.2) is 35.5 Å². The van der Waals surface area contributed by atoms with Crippen molar-refractivity contribution in [3.63, 3.8) is 0 Å². The molecule has 1 aliphatic heterocycles. The number of esters is 1. The number of carbonyl (C=O) groups excluding carboxylic acids is 2. The van der Waals surface area contributed by atoms with Crippen molar-refractivity contribution < 1.29 is 43.5 Å². The van der Waals surface area contributed by atoms with E-state index in [1.165, 1.54) is 7.11 Å². The molecule has 5 rings (SSSR count). The molecule has 1 heterocycles. The van der Waals surface area contributed by atoms with Crippen molar-refractivity contribution in [1.29, 1.82) is 0 Å². The standard InChI is InChI=1S/C34H48O9/c1-8-9-10-20(5)29(37)43-28-26(36)30(42-21(6)27(28)40-7)41-17-33-15-23-19(4)11-12-24(23)32(16-35)14-22(33)13-25(18(2)3)34(32,33)31(38)39/h8-10,13,16,18-19,21-24,26-28,30,36H,11-12,14-15,17H2,1-7H3,(H,38,39)/b9-8+,20-10-/t19-,21-,22+,23-,24-,26+,27-,28+,30-,32+,33+,34+/m1/s1. The van der Waals surface area contributed by atoms with Crippen molar-refractivity contribution in [2.45, 2.75) is 97.9 Å². The van der Waals surface area contributed by atoms with E-state index in [1.807, 2.05) is 20.8 Å². The highest BCUT2D eigenvalue weighted by Gasteiger charge is 2.84. The van der Waals surface area contributed by atoms with Crippen LogP contribution < -0.4 is 0 Å². The summed E-state index contributed by atoms with van der Waals surface area (Å²) >= 11 is 0. The van der Waals surface area contributed by atoms with Crippen LogP contribution in [0, 0.1) is 45.8 Å². The van der Waals surface area contributed by atoms with Gasteiger partial charge in [-0.1, -0.05) is 57.1 Å². The Morgan fingerprint density at radius 3 is 2.51 bits per heavy atom. The van der Waals surface area contributed by atoms with Crippen LogP contribution in [0.1, 0.15) is 67.2 Å². The summed E-state index contributed by atoms with van der Waals surface area (Å²) in [5.74, 6) is -1.17. The first kappa shape index (κ1) is 32.1. The highest BCUT2D eigenvalue weighted by atomic mass is 16.7. The Balaban J connectivity index is 1.49. The number of carboxylic acid groups (broad SMARTS) is 1. The lowest BCUT2D eigenvalue weighted by atomic mass is 9.43. The highest BCUT2D eigenvalue weighted by Crippen LogP contribution is 2.82. The highest BCUT2D eigenvalue weighted by molar-refractivity contribution is 5.90. The van der Waals surface area contributed by atoms with Crippen molar-refractivity contribution in [3.8, 4) is 0 Å². The molecule has 4 aliphatic carbocycles. The molecule has 12 atom stereocenters. The van der Waals surface area contributed by atoms with Gasteiger partial charge >= 0.3 is 11.9 Å². The van der Waals surface area contributed by atoms with Gasteiger partial charge in [-0.05, 0) is 69.6 Å². The molecule has 2 N–H and O–H groups in total. The van der Waals surface area contributed by atoms with Crippen molar-refractivity contribution in [3.05, 3.63) is 35.5 Å². The van der Waals surface area contributed by atoms with Crippen LogP contribution in [0.3, 0.4) is 0 Å². The molecule has 9 heteroatoms. The molecule has 4 bridgehead atoms. The smallest absolute Gasteiger partial charge is 0.334 e. The number of aliphatic hydroxyl groups is 1. The second kappa shape index (κ2) is 11.5.